The van der Waals surface area contributed by atoms with Gasteiger partial charge in [0.15, 0.2) is 0 Å². The van der Waals surface area contributed by atoms with Gasteiger partial charge in [0.1, 0.15) is 11.6 Å². The van der Waals surface area contributed by atoms with Crippen molar-refractivity contribution in [3.05, 3.63) is 59.4 Å². The Morgan fingerprint density at radius 2 is 1.78 bits per heavy atom. The number of hydrogen-bond donors (Lipinski definition) is 1. The molecule has 0 atom stereocenters. The van der Waals surface area contributed by atoms with Crippen molar-refractivity contribution in [1.29, 1.82) is 0 Å². The Hall–Kier alpha value is -2.57. The number of benzene rings is 2. The quantitative estimate of drug-likeness (QED) is 0.661. The van der Waals surface area contributed by atoms with Gasteiger partial charge < -0.3 is 10.1 Å². The highest BCUT2D eigenvalue weighted by atomic mass is 19.4. The lowest BCUT2D eigenvalue weighted by molar-refractivity contribution is -0.0884. The number of methoxy groups -OCH3 is 1. The van der Waals surface area contributed by atoms with Crippen molar-refractivity contribution in [2.24, 2.45) is 0 Å². The molecule has 0 aromatic heterocycles. The van der Waals surface area contributed by atoms with Crippen molar-refractivity contribution in [1.82, 2.24) is 0 Å². The zero-order chi connectivity index (χ0) is 17.0. The molecule has 2 aromatic carbocycles. The van der Waals surface area contributed by atoms with Gasteiger partial charge in [0.25, 0.3) is 5.78 Å². The van der Waals surface area contributed by atoms with Gasteiger partial charge in [0.05, 0.1) is 18.4 Å². The van der Waals surface area contributed by atoms with Gasteiger partial charge in [-0.1, -0.05) is 18.2 Å². The highest BCUT2D eigenvalue weighted by molar-refractivity contribution is 6.04. The van der Waals surface area contributed by atoms with E-state index in [-0.39, 0.29) is 6.54 Å². The molecule has 0 aliphatic carbocycles. The highest BCUT2D eigenvalue weighted by Crippen LogP contribution is 2.28. The van der Waals surface area contributed by atoms with E-state index in [1.807, 2.05) is 0 Å². The van der Waals surface area contributed by atoms with E-state index >= 15 is 0 Å². The summed E-state index contributed by atoms with van der Waals surface area (Å²) in [5.74, 6) is -2.39. The molecule has 7 heteroatoms. The second kappa shape index (κ2) is 6.68. The molecule has 0 saturated carbocycles. The summed E-state index contributed by atoms with van der Waals surface area (Å²) in [5.41, 5.74) is -0.517. The SMILES string of the molecule is COc1ccc(CNc2c(F)cccc2C(=O)C(F)(F)F)cc1. The van der Waals surface area contributed by atoms with E-state index in [2.05, 4.69) is 5.32 Å². The Morgan fingerprint density at radius 1 is 1.13 bits per heavy atom. The summed E-state index contributed by atoms with van der Waals surface area (Å²) >= 11 is 0. The summed E-state index contributed by atoms with van der Waals surface area (Å²) in [6, 6.07) is 9.68. The molecule has 1 N–H and O–H groups in total. The predicted molar refractivity (Wildman–Crippen MR) is 77.1 cm³/mol. The maximum atomic E-state index is 13.8. The number of hydrogen-bond acceptors (Lipinski definition) is 3. The third kappa shape index (κ3) is 4.00. The lowest BCUT2D eigenvalue weighted by Crippen LogP contribution is -2.24. The second-order valence-corrected chi connectivity index (χ2v) is 4.69. The van der Waals surface area contributed by atoms with Gasteiger partial charge in [-0.05, 0) is 29.8 Å². The van der Waals surface area contributed by atoms with Gasteiger partial charge in [-0.15, -0.1) is 0 Å². The molecule has 0 aliphatic rings. The molecule has 23 heavy (non-hydrogen) atoms. The first-order valence-electron chi connectivity index (χ1n) is 6.59. The lowest BCUT2D eigenvalue weighted by Gasteiger charge is -2.14. The number of para-hydroxylation sites is 1. The first-order valence-corrected chi connectivity index (χ1v) is 6.59. The largest absolute Gasteiger partial charge is 0.497 e. The van der Waals surface area contributed by atoms with Crippen LogP contribution in [0.2, 0.25) is 0 Å². The van der Waals surface area contributed by atoms with Gasteiger partial charge in [-0.2, -0.15) is 13.2 Å². The number of Topliss-reactive ketones (excluding diaryl/α,β-unsaturated/α-hetero) is 1. The van der Waals surface area contributed by atoms with Crippen molar-refractivity contribution in [3.63, 3.8) is 0 Å². The fourth-order valence-corrected chi connectivity index (χ4v) is 1.98. The molecule has 0 aliphatic heterocycles. The molecule has 0 radical (unpaired) electrons. The minimum Gasteiger partial charge on any atom is -0.497 e. The fraction of sp³-hybridized carbons (Fsp3) is 0.188. The summed E-state index contributed by atoms with van der Waals surface area (Å²) in [7, 11) is 1.50. The normalized spacial score (nSPS) is 11.2. The molecule has 0 spiro atoms. The van der Waals surface area contributed by atoms with Gasteiger partial charge in [0.2, 0.25) is 0 Å². The smallest absolute Gasteiger partial charge is 0.454 e. The van der Waals surface area contributed by atoms with Crippen molar-refractivity contribution in [2.75, 3.05) is 12.4 Å². The van der Waals surface area contributed by atoms with Gasteiger partial charge in [-0.25, -0.2) is 4.39 Å². The zero-order valence-electron chi connectivity index (χ0n) is 12.1. The summed E-state index contributed by atoms with van der Waals surface area (Å²) in [5, 5.41) is 2.55. The molecule has 0 bridgehead atoms. The molecule has 3 nitrogen and oxygen atoms in total. The average molecular weight is 327 g/mol. The number of carbonyl (C=O) groups is 1. The van der Waals surface area contributed by atoms with E-state index < -0.39 is 29.0 Å². The number of halogens is 4. The lowest BCUT2D eigenvalue weighted by atomic mass is 10.1. The van der Waals surface area contributed by atoms with Crippen molar-refractivity contribution >= 4 is 11.5 Å². The van der Waals surface area contributed by atoms with E-state index in [4.69, 9.17) is 4.74 Å². The Balaban J connectivity index is 2.23. The average Bonchev–Trinajstić information content (AvgIpc) is 2.52. The Kier molecular flexibility index (Phi) is 4.88. The molecule has 0 saturated heterocycles. The zero-order valence-corrected chi connectivity index (χ0v) is 12.1. The van der Waals surface area contributed by atoms with Crippen LogP contribution in [0.1, 0.15) is 15.9 Å². The maximum Gasteiger partial charge on any atom is 0.454 e. The van der Waals surface area contributed by atoms with Gasteiger partial charge >= 0.3 is 6.18 Å². The van der Waals surface area contributed by atoms with E-state index in [9.17, 15) is 22.4 Å². The topological polar surface area (TPSA) is 38.3 Å². The van der Waals surface area contributed by atoms with E-state index in [0.29, 0.717) is 11.3 Å². The summed E-state index contributed by atoms with van der Waals surface area (Å²) < 4.78 is 56.5. The minimum atomic E-state index is -5.07. The first kappa shape index (κ1) is 16.8. The van der Waals surface area contributed by atoms with Crippen LogP contribution < -0.4 is 10.1 Å². The van der Waals surface area contributed by atoms with Gasteiger partial charge in [-0.3, -0.25) is 4.79 Å². The van der Waals surface area contributed by atoms with Crippen LogP contribution in [0.5, 0.6) is 5.75 Å². The maximum absolute atomic E-state index is 13.8. The van der Waals surface area contributed by atoms with E-state index in [0.717, 1.165) is 18.2 Å². The van der Waals surface area contributed by atoms with Crippen LogP contribution in [0.4, 0.5) is 23.2 Å². The third-order valence-corrected chi connectivity index (χ3v) is 3.14. The number of ketones is 1. The molecule has 2 aromatic rings. The van der Waals surface area contributed by atoms with Crippen LogP contribution in [0.15, 0.2) is 42.5 Å². The number of carbonyl (C=O) groups excluding carboxylic acids is 1. The van der Waals surface area contributed by atoms with Gasteiger partial charge in [0, 0.05) is 6.54 Å². The minimum absolute atomic E-state index is 0.0586. The van der Waals surface area contributed by atoms with Crippen molar-refractivity contribution < 1.29 is 27.1 Å². The highest BCUT2D eigenvalue weighted by Gasteiger charge is 2.40. The number of nitrogens with one attached hydrogen (secondary N) is 1. The molecular formula is C16H13F4NO2. The number of ether oxygens (including phenoxy) is 1. The standard InChI is InChI=1S/C16H13F4NO2/c1-23-11-7-5-10(6-8-11)9-21-14-12(3-2-4-13(14)17)15(22)16(18,19)20/h2-8,21H,9H2,1H3. The first-order chi connectivity index (χ1) is 10.8. The number of alkyl halides is 3. The molecule has 0 fully saturated rings. The van der Waals surface area contributed by atoms with E-state index in [1.165, 1.54) is 7.11 Å². The molecule has 0 amide bonds. The molecule has 122 valence electrons. The third-order valence-electron chi connectivity index (χ3n) is 3.14. The molecular weight excluding hydrogens is 314 g/mol. The molecule has 0 unspecified atom stereocenters. The van der Waals surface area contributed by atoms with Crippen LogP contribution in [0, 0.1) is 5.82 Å². The number of rotatable bonds is 5. The fourth-order valence-electron chi connectivity index (χ4n) is 1.98. The Bertz CT molecular complexity index is 696. The van der Waals surface area contributed by atoms with Crippen molar-refractivity contribution in [2.45, 2.75) is 12.7 Å². The monoisotopic (exact) mass is 327 g/mol. The van der Waals surface area contributed by atoms with Crippen LogP contribution >= 0.6 is 0 Å². The van der Waals surface area contributed by atoms with Crippen LogP contribution in [0.25, 0.3) is 0 Å². The predicted octanol–water partition coefficient (Wildman–Crippen LogP) is 4.19. The van der Waals surface area contributed by atoms with Crippen LogP contribution in [-0.2, 0) is 6.54 Å². The summed E-state index contributed by atoms with van der Waals surface area (Å²) in [6.45, 7) is 0.0586. The number of anilines is 1. The molecule has 0 heterocycles. The Labute approximate surface area is 129 Å². The summed E-state index contributed by atoms with van der Waals surface area (Å²) in [4.78, 5) is 11.4. The van der Waals surface area contributed by atoms with E-state index in [1.54, 1.807) is 24.3 Å². The van der Waals surface area contributed by atoms with Crippen LogP contribution in [0.3, 0.4) is 0 Å². The summed E-state index contributed by atoms with van der Waals surface area (Å²) in [6.07, 6.45) is -5.07. The van der Waals surface area contributed by atoms with Crippen molar-refractivity contribution in [3.8, 4) is 5.75 Å². The Morgan fingerprint density at radius 3 is 2.35 bits per heavy atom. The second-order valence-electron chi connectivity index (χ2n) is 4.69. The van der Waals surface area contributed by atoms with Crippen LogP contribution in [-0.4, -0.2) is 19.1 Å². The molecule has 2 rings (SSSR count).